The molecule has 2 N–H and O–H groups in total. The van der Waals surface area contributed by atoms with E-state index in [4.69, 9.17) is 10.2 Å². The molecule has 0 aromatic carbocycles. The summed E-state index contributed by atoms with van der Waals surface area (Å²) in [6, 6.07) is 4.32. The van der Waals surface area contributed by atoms with Crippen LogP contribution in [0.15, 0.2) is 22.6 Å². The molecule has 0 bridgehead atoms. The molecule has 1 unspecified atom stereocenters. The minimum atomic E-state index is -0.464. The Morgan fingerprint density at radius 2 is 2.35 bits per heavy atom. The molecule has 4 heteroatoms. The van der Waals surface area contributed by atoms with E-state index in [1.807, 2.05) is 12.1 Å². The SMILES string of the molecule is CC1CCCCN1c1ccc(/C=C\C(N)=O)o1. The number of rotatable bonds is 3. The van der Waals surface area contributed by atoms with Crippen LogP contribution in [0.25, 0.3) is 6.08 Å². The summed E-state index contributed by atoms with van der Waals surface area (Å²) in [5, 5.41) is 0. The molecule has 17 heavy (non-hydrogen) atoms. The van der Waals surface area contributed by atoms with Gasteiger partial charge < -0.3 is 15.1 Å². The molecule has 2 rings (SSSR count). The minimum absolute atomic E-state index is 0.464. The van der Waals surface area contributed by atoms with E-state index in [0.29, 0.717) is 11.8 Å². The zero-order chi connectivity index (χ0) is 12.3. The van der Waals surface area contributed by atoms with E-state index >= 15 is 0 Å². The van der Waals surface area contributed by atoms with Gasteiger partial charge in [0.15, 0.2) is 5.88 Å². The molecular weight excluding hydrogens is 216 g/mol. The van der Waals surface area contributed by atoms with Crippen molar-refractivity contribution in [3.8, 4) is 0 Å². The third-order valence-corrected chi connectivity index (χ3v) is 3.11. The molecule has 4 nitrogen and oxygen atoms in total. The molecule has 1 amide bonds. The number of nitrogens with zero attached hydrogens (tertiary/aromatic N) is 1. The molecule has 1 aliphatic rings. The lowest BCUT2D eigenvalue weighted by molar-refractivity contribution is -0.113. The number of furan rings is 1. The van der Waals surface area contributed by atoms with Gasteiger partial charge in [0.2, 0.25) is 5.91 Å². The Kier molecular flexibility index (Phi) is 3.52. The molecule has 0 saturated carbocycles. The average molecular weight is 234 g/mol. The van der Waals surface area contributed by atoms with E-state index in [9.17, 15) is 4.79 Å². The first-order chi connectivity index (χ1) is 8.16. The Labute approximate surface area is 101 Å². The number of carbonyl (C=O) groups is 1. The van der Waals surface area contributed by atoms with Crippen LogP contribution in [0.4, 0.5) is 5.88 Å². The number of carbonyl (C=O) groups excluding carboxylic acids is 1. The van der Waals surface area contributed by atoms with Gasteiger partial charge in [-0.2, -0.15) is 0 Å². The summed E-state index contributed by atoms with van der Waals surface area (Å²) in [5.74, 6) is 1.08. The molecule has 92 valence electrons. The third-order valence-electron chi connectivity index (χ3n) is 3.11. The molecule has 0 aliphatic carbocycles. The standard InChI is InChI=1S/C13H18N2O2/c1-10-4-2-3-9-15(10)13-8-6-11(17-13)5-7-12(14)16/h5-8,10H,2-4,9H2,1H3,(H2,14,16)/b7-5-. The van der Waals surface area contributed by atoms with Gasteiger partial charge in [0.25, 0.3) is 0 Å². The van der Waals surface area contributed by atoms with Crippen molar-refractivity contribution < 1.29 is 9.21 Å². The van der Waals surface area contributed by atoms with Gasteiger partial charge in [-0.3, -0.25) is 4.79 Å². The smallest absolute Gasteiger partial charge is 0.241 e. The molecule has 0 spiro atoms. The van der Waals surface area contributed by atoms with Crippen LogP contribution >= 0.6 is 0 Å². The van der Waals surface area contributed by atoms with E-state index in [0.717, 1.165) is 12.4 Å². The summed E-state index contributed by atoms with van der Waals surface area (Å²) in [7, 11) is 0. The summed E-state index contributed by atoms with van der Waals surface area (Å²) < 4.78 is 5.68. The summed E-state index contributed by atoms with van der Waals surface area (Å²) in [6.07, 6.45) is 6.60. The third kappa shape index (κ3) is 2.90. The van der Waals surface area contributed by atoms with Crippen molar-refractivity contribution in [2.75, 3.05) is 11.4 Å². The molecule has 1 aromatic rings. The van der Waals surface area contributed by atoms with Gasteiger partial charge in [0.1, 0.15) is 5.76 Å². The highest BCUT2D eigenvalue weighted by molar-refractivity contribution is 5.89. The maximum Gasteiger partial charge on any atom is 0.241 e. The molecule has 2 heterocycles. The molecule has 1 aromatic heterocycles. The van der Waals surface area contributed by atoms with Crippen LogP contribution in [-0.4, -0.2) is 18.5 Å². The van der Waals surface area contributed by atoms with Gasteiger partial charge >= 0.3 is 0 Å². The number of amides is 1. The number of piperidine rings is 1. The molecule has 1 aliphatic heterocycles. The van der Waals surface area contributed by atoms with E-state index < -0.39 is 5.91 Å². The van der Waals surface area contributed by atoms with Crippen LogP contribution in [0.1, 0.15) is 31.9 Å². The Morgan fingerprint density at radius 1 is 1.53 bits per heavy atom. The molecule has 0 radical (unpaired) electrons. The van der Waals surface area contributed by atoms with E-state index in [-0.39, 0.29) is 0 Å². The summed E-state index contributed by atoms with van der Waals surface area (Å²) in [4.78, 5) is 12.9. The first-order valence-electron chi connectivity index (χ1n) is 6.01. The summed E-state index contributed by atoms with van der Waals surface area (Å²) in [5.41, 5.74) is 5.03. The number of anilines is 1. The predicted octanol–water partition coefficient (Wildman–Crippen LogP) is 2.16. The van der Waals surface area contributed by atoms with Crippen molar-refractivity contribution in [3.63, 3.8) is 0 Å². The van der Waals surface area contributed by atoms with Crippen molar-refractivity contribution in [3.05, 3.63) is 24.0 Å². The lowest BCUT2D eigenvalue weighted by atomic mass is 10.0. The van der Waals surface area contributed by atoms with Crippen LogP contribution in [0.3, 0.4) is 0 Å². The minimum Gasteiger partial charge on any atom is -0.441 e. The fraction of sp³-hybridized carbons (Fsp3) is 0.462. The zero-order valence-electron chi connectivity index (χ0n) is 10.1. The van der Waals surface area contributed by atoms with E-state index in [2.05, 4.69) is 11.8 Å². The fourth-order valence-electron chi connectivity index (χ4n) is 2.18. The maximum atomic E-state index is 10.6. The van der Waals surface area contributed by atoms with Gasteiger partial charge in [0, 0.05) is 24.7 Å². The molecular formula is C13H18N2O2. The van der Waals surface area contributed by atoms with E-state index in [1.165, 1.54) is 25.3 Å². The second kappa shape index (κ2) is 5.08. The number of hydrogen-bond acceptors (Lipinski definition) is 3. The van der Waals surface area contributed by atoms with Crippen LogP contribution in [0.2, 0.25) is 0 Å². The first-order valence-corrected chi connectivity index (χ1v) is 6.01. The molecule has 1 atom stereocenters. The first kappa shape index (κ1) is 11.8. The number of primary amides is 1. The van der Waals surface area contributed by atoms with Crippen LogP contribution in [-0.2, 0) is 4.79 Å². The monoisotopic (exact) mass is 234 g/mol. The lowest BCUT2D eigenvalue weighted by Crippen LogP contribution is -2.37. The van der Waals surface area contributed by atoms with Crippen molar-refractivity contribution in [2.24, 2.45) is 5.73 Å². The van der Waals surface area contributed by atoms with Gasteiger partial charge in [-0.05, 0) is 38.3 Å². The van der Waals surface area contributed by atoms with Crippen molar-refractivity contribution in [2.45, 2.75) is 32.2 Å². The topological polar surface area (TPSA) is 59.5 Å². The fourth-order valence-corrected chi connectivity index (χ4v) is 2.18. The normalized spacial score (nSPS) is 21.0. The van der Waals surface area contributed by atoms with Crippen molar-refractivity contribution in [1.29, 1.82) is 0 Å². The van der Waals surface area contributed by atoms with Crippen LogP contribution in [0.5, 0.6) is 0 Å². The maximum absolute atomic E-state index is 10.6. The van der Waals surface area contributed by atoms with Crippen LogP contribution < -0.4 is 10.6 Å². The quantitative estimate of drug-likeness (QED) is 0.815. The number of nitrogens with two attached hydrogens (primary N) is 1. The lowest BCUT2D eigenvalue weighted by Gasteiger charge is -2.33. The van der Waals surface area contributed by atoms with Crippen LogP contribution in [0, 0.1) is 0 Å². The zero-order valence-corrected chi connectivity index (χ0v) is 10.1. The summed E-state index contributed by atoms with van der Waals surface area (Å²) >= 11 is 0. The van der Waals surface area contributed by atoms with Crippen molar-refractivity contribution in [1.82, 2.24) is 0 Å². The van der Waals surface area contributed by atoms with Gasteiger partial charge in [0.05, 0.1) is 0 Å². The van der Waals surface area contributed by atoms with Gasteiger partial charge in [-0.1, -0.05) is 0 Å². The van der Waals surface area contributed by atoms with Gasteiger partial charge in [-0.25, -0.2) is 0 Å². The highest BCUT2D eigenvalue weighted by Crippen LogP contribution is 2.26. The highest BCUT2D eigenvalue weighted by atomic mass is 16.4. The second-order valence-corrected chi connectivity index (χ2v) is 4.45. The number of hydrogen-bond donors (Lipinski definition) is 1. The molecule has 1 fully saturated rings. The van der Waals surface area contributed by atoms with Gasteiger partial charge in [-0.15, -0.1) is 0 Å². The molecule has 1 saturated heterocycles. The van der Waals surface area contributed by atoms with E-state index in [1.54, 1.807) is 6.08 Å². The largest absolute Gasteiger partial charge is 0.441 e. The Morgan fingerprint density at radius 3 is 3.06 bits per heavy atom. The highest BCUT2D eigenvalue weighted by Gasteiger charge is 2.20. The predicted molar refractivity (Wildman–Crippen MR) is 67.6 cm³/mol. The van der Waals surface area contributed by atoms with Crippen molar-refractivity contribution >= 4 is 17.9 Å². The Bertz CT molecular complexity index is 423. The average Bonchev–Trinajstić information content (AvgIpc) is 2.75. The second-order valence-electron chi connectivity index (χ2n) is 4.45. The Hall–Kier alpha value is -1.71. The Balaban J connectivity index is 2.09. The summed E-state index contributed by atoms with van der Waals surface area (Å²) in [6.45, 7) is 3.24.